The molecule has 2 saturated heterocycles. The summed E-state index contributed by atoms with van der Waals surface area (Å²) in [5.74, 6) is 0.824. The minimum atomic E-state index is 0. The molecule has 2 fully saturated rings. The average Bonchev–Trinajstić information content (AvgIpc) is 2.90. The van der Waals surface area contributed by atoms with Gasteiger partial charge < -0.3 is 15.0 Å². The van der Waals surface area contributed by atoms with Crippen molar-refractivity contribution in [1.29, 1.82) is 0 Å². The summed E-state index contributed by atoms with van der Waals surface area (Å²) in [5, 5.41) is 3.38. The van der Waals surface area contributed by atoms with Crippen LogP contribution in [0.3, 0.4) is 0 Å². The van der Waals surface area contributed by atoms with Gasteiger partial charge in [-0.3, -0.25) is 4.79 Å². The van der Waals surface area contributed by atoms with Crippen LogP contribution in [0.5, 0.6) is 0 Å². The molecule has 0 aliphatic carbocycles. The number of carbonyl (C=O) groups is 1. The van der Waals surface area contributed by atoms with E-state index in [4.69, 9.17) is 4.74 Å². The maximum Gasteiger partial charge on any atom is 0.227 e. The fourth-order valence-electron chi connectivity index (χ4n) is 4.50. The maximum atomic E-state index is 13.1. The molecule has 3 heterocycles. The van der Waals surface area contributed by atoms with E-state index in [-0.39, 0.29) is 17.8 Å². The van der Waals surface area contributed by atoms with E-state index >= 15 is 0 Å². The maximum absolute atomic E-state index is 13.1. The molecule has 0 unspecified atom stereocenters. The summed E-state index contributed by atoms with van der Waals surface area (Å²) in [7, 11) is 0. The molecule has 1 N–H and O–H groups in total. The number of benzene rings is 1. The summed E-state index contributed by atoms with van der Waals surface area (Å²) in [6.07, 6.45) is 4.94. The quantitative estimate of drug-likeness (QED) is 0.780. The zero-order valence-electron chi connectivity index (χ0n) is 14.4. The molecule has 1 spiro atoms. The minimum Gasteiger partial charge on any atom is -0.381 e. The molecule has 1 amide bonds. The van der Waals surface area contributed by atoms with Crippen LogP contribution in [0.1, 0.15) is 37.7 Å². The molecular formula is C19H26BrClN2O2. The third-order valence-corrected chi connectivity index (χ3v) is 6.45. The highest BCUT2D eigenvalue weighted by molar-refractivity contribution is 9.10. The third-order valence-electron chi connectivity index (χ3n) is 5.96. The first-order valence-corrected chi connectivity index (χ1v) is 9.86. The van der Waals surface area contributed by atoms with Gasteiger partial charge in [0.1, 0.15) is 0 Å². The zero-order chi connectivity index (χ0) is 16.6. The molecule has 1 aromatic carbocycles. The highest BCUT2D eigenvalue weighted by Crippen LogP contribution is 2.47. The number of anilines is 1. The Labute approximate surface area is 164 Å². The number of piperidine rings is 1. The van der Waals surface area contributed by atoms with Crippen LogP contribution in [-0.4, -0.2) is 38.8 Å². The van der Waals surface area contributed by atoms with Gasteiger partial charge in [-0.2, -0.15) is 0 Å². The Morgan fingerprint density at radius 1 is 1.28 bits per heavy atom. The summed E-state index contributed by atoms with van der Waals surface area (Å²) >= 11 is 3.58. The number of carbonyl (C=O) groups excluding carboxylic acids is 1. The van der Waals surface area contributed by atoms with Crippen LogP contribution in [0, 0.1) is 5.92 Å². The molecule has 1 aromatic rings. The molecule has 4 rings (SSSR count). The summed E-state index contributed by atoms with van der Waals surface area (Å²) in [6.45, 7) is 4.51. The van der Waals surface area contributed by atoms with Gasteiger partial charge in [-0.1, -0.05) is 22.0 Å². The summed E-state index contributed by atoms with van der Waals surface area (Å²) in [4.78, 5) is 15.1. The van der Waals surface area contributed by atoms with Gasteiger partial charge in [0.2, 0.25) is 5.91 Å². The summed E-state index contributed by atoms with van der Waals surface area (Å²) in [5.41, 5.74) is 2.55. The van der Waals surface area contributed by atoms with E-state index in [1.54, 1.807) is 0 Å². The van der Waals surface area contributed by atoms with E-state index in [1.807, 2.05) is 0 Å². The Bertz CT molecular complexity index is 628. The second-order valence-electron chi connectivity index (χ2n) is 7.43. The van der Waals surface area contributed by atoms with Crippen molar-refractivity contribution in [3.8, 4) is 0 Å². The van der Waals surface area contributed by atoms with Crippen molar-refractivity contribution >= 4 is 39.9 Å². The topological polar surface area (TPSA) is 41.6 Å². The standard InChI is InChI=1S/C19H25BrN2O2.ClH/c20-15-1-2-16-17(12-15)22(13-19(16)5-9-24-10-6-19)18(23)11-14-3-7-21-8-4-14;/h1-2,12,14,21H,3-11,13H2;1H. The van der Waals surface area contributed by atoms with E-state index in [9.17, 15) is 4.79 Å². The first-order valence-electron chi connectivity index (χ1n) is 9.07. The van der Waals surface area contributed by atoms with Gasteiger partial charge in [0, 0.05) is 41.8 Å². The third kappa shape index (κ3) is 3.75. The van der Waals surface area contributed by atoms with Crippen LogP contribution in [0.25, 0.3) is 0 Å². The molecule has 3 aliphatic rings. The van der Waals surface area contributed by atoms with Crippen molar-refractivity contribution in [1.82, 2.24) is 5.32 Å². The molecule has 0 radical (unpaired) electrons. The molecule has 0 atom stereocenters. The number of nitrogens with one attached hydrogen (secondary N) is 1. The molecule has 6 heteroatoms. The fraction of sp³-hybridized carbons (Fsp3) is 0.632. The molecule has 138 valence electrons. The lowest BCUT2D eigenvalue weighted by atomic mass is 9.76. The van der Waals surface area contributed by atoms with E-state index < -0.39 is 0 Å². The van der Waals surface area contributed by atoms with Crippen LogP contribution < -0.4 is 10.2 Å². The second kappa shape index (κ2) is 7.95. The van der Waals surface area contributed by atoms with Gasteiger partial charge in [-0.25, -0.2) is 0 Å². The van der Waals surface area contributed by atoms with Gasteiger partial charge in [0.15, 0.2) is 0 Å². The predicted molar refractivity (Wildman–Crippen MR) is 106 cm³/mol. The molecular weight excluding hydrogens is 404 g/mol. The lowest BCUT2D eigenvalue weighted by Crippen LogP contribution is -2.41. The largest absolute Gasteiger partial charge is 0.381 e. The Hall–Kier alpha value is -0.620. The predicted octanol–water partition coefficient (Wildman–Crippen LogP) is 3.66. The van der Waals surface area contributed by atoms with Gasteiger partial charge in [0.05, 0.1) is 0 Å². The van der Waals surface area contributed by atoms with Crippen LogP contribution in [0.2, 0.25) is 0 Å². The van der Waals surface area contributed by atoms with E-state index in [1.165, 1.54) is 5.56 Å². The van der Waals surface area contributed by atoms with Gasteiger partial charge >= 0.3 is 0 Å². The van der Waals surface area contributed by atoms with Crippen molar-refractivity contribution in [3.05, 3.63) is 28.2 Å². The highest BCUT2D eigenvalue weighted by atomic mass is 79.9. The first-order chi connectivity index (χ1) is 11.7. The van der Waals surface area contributed by atoms with E-state index in [0.29, 0.717) is 18.2 Å². The number of hydrogen-bond acceptors (Lipinski definition) is 3. The highest BCUT2D eigenvalue weighted by Gasteiger charge is 2.45. The lowest BCUT2D eigenvalue weighted by Gasteiger charge is -2.34. The normalized spacial score (nSPS) is 22.5. The number of rotatable bonds is 2. The lowest BCUT2D eigenvalue weighted by molar-refractivity contribution is -0.119. The summed E-state index contributed by atoms with van der Waals surface area (Å²) < 4.78 is 6.64. The Balaban J connectivity index is 0.00000182. The monoisotopic (exact) mass is 428 g/mol. The van der Waals surface area contributed by atoms with Crippen molar-refractivity contribution < 1.29 is 9.53 Å². The van der Waals surface area contributed by atoms with Crippen LogP contribution in [0.4, 0.5) is 5.69 Å². The van der Waals surface area contributed by atoms with Crippen LogP contribution in [0.15, 0.2) is 22.7 Å². The van der Waals surface area contributed by atoms with Gasteiger partial charge in [-0.15, -0.1) is 12.4 Å². The first kappa shape index (κ1) is 19.2. The molecule has 0 bridgehead atoms. The number of hydrogen-bond donors (Lipinski definition) is 1. The number of nitrogens with zero attached hydrogens (tertiary/aromatic N) is 1. The molecule has 0 aromatic heterocycles. The summed E-state index contributed by atoms with van der Waals surface area (Å²) in [6, 6.07) is 6.44. The number of halogens is 2. The Morgan fingerprint density at radius 2 is 2.00 bits per heavy atom. The average molecular weight is 430 g/mol. The zero-order valence-corrected chi connectivity index (χ0v) is 16.8. The van der Waals surface area contributed by atoms with E-state index in [2.05, 4.69) is 44.3 Å². The SMILES string of the molecule is Cl.O=C(CC1CCNCC1)N1CC2(CCOCC2)c2ccc(Br)cc21. The van der Waals surface area contributed by atoms with Crippen molar-refractivity contribution in [2.75, 3.05) is 37.7 Å². The van der Waals surface area contributed by atoms with Gasteiger partial charge in [-0.05, 0) is 62.4 Å². The van der Waals surface area contributed by atoms with Crippen molar-refractivity contribution in [2.24, 2.45) is 5.92 Å². The van der Waals surface area contributed by atoms with Crippen LogP contribution in [-0.2, 0) is 14.9 Å². The minimum absolute atomic E-state index is 0. The Kier molecular flexibility index (Phi) is 6.09. The molecule has 25 heavy (non-hydrogen) atoms. The van der Waals surface area contributed by atoms with Crippen LogP contribution >= 0.6 is 28.3 Å². The van der Waals surface area contributed by atoms with E-state index in [0.717, 1.165) is 68.7 Å². The number of amides is 1. The molecule has 4 nitrogen and oxygen atoms in total. The number of ether oxygens (including phenoxy) is 1. The smallest absolute Gasteiger partial charge is 0.227 e. The fourth-order valence-corrected chi connectivity index (χ4v) is 4.85. The van der Waals surface area contributed by atoms with Crippen molar-refractivity contribution in [2.45, 2.75) is 37.5 Å². The molecule has 0 saturated carbocycles. The van der Waals surface area contributed by atoms with Gasteiger partial charge in [0.25, 0.3) is 0 Å². The number of fused-ring (bicyclic) bond motifs is 2. The molecule has 3 aliphatic heterocycles. The Morgan fingerprint density at radius 3 is 2.72 bits per heavy atom. The second-order valence-corrected chi connectivity index (χ2v) is 8.35. The van der Waals surface area contributed by atoms with Crippen molar-refractivity contribution in [3.63, 3.8) is 0 Å².